The maximum atomic E-state index is 13.1. The van der Waals surface area contributed by atoms with E-state index in [2.05, 4.69) is 22.3 Å². The average molecular weight is 423 g/mol. The number of nitrogens with zero attached hydrogens (tertiary/aromatic N) is 3. The monoisotopic (exact) mass is 422 g/mol. The zero-order valence-electron chi connectivity index (χ0n) is 18.0. The summed E-state index contributed by atoms with van der Waals surface area (Å²) >= 11 is 0. The minimum Gasteiger partial charge on any atom is -0.497 e. The lowest BCUT2D eigenvalue weighted by Gasteiger charge is -2.39. The Labute approximate surface area is 183 Å². The molecule has 2 saturated heterocycles. The van der Waals surface area contributed by atoms with E-state index in [1.165, 1.54) is 0 Å². The van der Waals surface area contributed by atoms with Gasteiger partial charge in [-0.2, -0.15) is 0 Å². The molecule has 0 saturated carbocycles. The van der Waals surface area contributed by atoms with Crippen molar-refractivity contribution >= 4 is 23.3 Å². The molecule has 164 valence electrons. The van der Waals surface area contributed by atoms with Crippen molar-refractivity contribution in [2.45, 2.75) is 12.8 Å². The lowest BCUT2D eigenvalue weighted by molar-refractivity contribution is -0.137. The van der Waals surface area contributed by atoms with Crippen molar-refractivity contribution in [3.63, 3.8) is 0 Å². The molecule has 4 rings (SSSR count). The van der Waals surface area contributed by atoms with Crippen LogP contribution >= 0.6 is 0 Å². The highest BCUT2D eigenvalue weighted by Crippen LogP contribution is 2.23. The fourth-order valence-corrected chi connectivity index (χ4v) is 4.32. The quantitative estimate of drug-likeness (QED) is 0.821. The van der Waals surface area contributed by atoms with Crippen LogP contribution in [0.5, 0.6) is 5.75 Å². The van der Waals surface area contributed by atoms with Crippen LogP contribution in [0, 0.1) is 5.92 Å². The van der Waals surface area contributed by atoms with Gasteiger partial charge in [0.15, 0.2) is 0 Å². The van der Waals surface area contributed by atoms with Crippen molar-refractivity contribution < 1.29 is 14.3 Å². The van der Waals surface area contributed by atoms with Crippen LogP contribution in [0.4, 0.5) is 16.2 Å². The van der Waals surface area contributed by atoms with Gasteiger partial charge in [0.1, 0.15) is 5.75 Å². The Morgan fingerprint density at radius 3 is 2.29 bits per heavy atom. The first-order valence-electron chi connectivity index (χ1n) is 10.9. The Morgan fingerprint density at radius 2 is 1.61 bits per heavy atom. The summed E-state index contributed by atoms with van der Waals surface area (Å²) in [6, 6.07) is 17.3. The third kappa shape index (κ3) is 5.10. The zero-order chi connectivity index (χ0) is 21.6. The molecule has 0 spiro atoms. The molecule has 2 heterocycles. The molecule has 31 heavy (non-hydrogen) atoms. The lowest BCUT2D eigenvalue weighted by Crippen LogP contribution is -2.53. The summed E-state index contributed by atoms with van der Waals surface area (Å²) in [6.07, 6.45) is 1.69. The molecule has 1 N–H and O–H groups in total. The molecule has 1 atom stereocenters. The SMILES string of the molecule is COc1ccc(N2CCN(C(=O)[C@@H]3CCCN(C(=O)Nc4ccccc4)C3)CC2)cc1. The van der Waals surface area contributed by atoms with Gasteiger partial charge in [0, 0.05) is 50.6 Å². The number of hydrogen-bond acceptors (Lipinski definition) is 4. The van der Waals surface area contributed by atoms with Crippen LogP contribution < -0.4 is 15.0 Å². The van der Waals surface area contributed by atoms with Gasteiger partial charge in [-0.3, -0.25) is 4.79 Å². The standard InChI is InChI=1S/C24H30N4O3/c1-31-22-11-9-21(10-12-22)26-14-16-27(17-15-26)23(29)19-6-5-13-28(18-19)24(30)25-20-7-3-2-4-8-20/h2-4,7-12,19H,5-6,13-18H2,1H3,(H,25,30)/t19-/m1/s1. The van der Waals surface area contributed by atoms with E-state index in [1.54, 1.807) is 12.0 Å². The fraction of sp³-hybridized carbons (Fsp3) is 0.417. The van der Waals surface area contributed by atoms with E-state index in [0.717, 1.165) is 43.1 Å². The van der Waals surface area contributed by atoms with Crippen LogP contribution in [0.2, 0.25) is 0 Å². The Kier molecular flexibility index (Phi) is 6.60. The van der Waals surface area contributed by atoms with Gasteiger partial charge in [-0.15, -0.1) is 0 Å². The van der Waals surface area contributed by atoms with Crippen LogP contribution in [-0.2, 0) is 4.79 Å². The van der Waals surface area contributed by atoms with Gasteiger partial charge >= 0.3 is 6.03 Å². The molecule has 0 bridgehead atoms. The number of amides is 3. The number of nitrogens with one attached hydrogen (secondary N) is 1. The van der Waals surface area contributed by atoms with Crippen molar-refractivity contribution in [2.24, 2.45) is 5.92 Å². The summed E-state index contributed by atoms with van der Waals surface area (Å²) in [6.45, 7) is 4.20. The Morgan fingerprint density at radius 1 is 0.903 bits per heavy atom. The first-order chi connectivity index (χ1) is 15.1. The van der Waals surface area contributed by atoms with Crippen molar-refractivity contribution in [3.8, 4) is 5.75 Å². The zero-order valence-corrected chi connectivity index (χ0v) is 18.0. The number of benzene rings is 2. The molecule has 2 aliphatic heterocycles. The number of likely N-dealkylation sites (tertiary alicyclic amines) is 1. The molecule has 0 unspecified atom stereocenters. The van der Waals surface area contributed by atoms with Gasteiger partial charge in [0.05, 0.1) is 13.0 Å². The summed E-state index contributed by atoms with van der Waals surface area (Å²) in [7, 11) is 1.66. The van der Waals surface area contributed by atoms with Crippen LogP contribution in [0.3, 0.4) is 0 Å². The van der Waals surface area contributed by atoms with Crippen molar-refractivity contribution in [1.82, 2.24) is 9.80 Å². The van der Waals surface area contributed by atoms with Crippen LogP contribution in [0.1, 0.15) is 12.8 Å². The second-order valence-electron chi connectivity index (χ2n) is 8.09. The third-order valence-corrected chi connectivity index (χ3v) is 6.11. The number of hydrogen-bond donors (Lipinski definition) is 1. The van der Waals surface area contributed by atoms with E-state index in [9.17, 15) is 9.59 Å². The largest absolute Gasteiger partial charge is 0.497 e. The van der Waals surface area contributed by atoms with E-state index in [1.807, 2.05) is 47.4 Å². The lowest BCUT2D eigenvalue weighted by atomic mass is 9.96. The smallest absolute Gasteiger partial charge is 0.321 e. The Bertz CT molecular complexity index is 879. The summed E-state index contributed by atoms with van der Waals surface area (Å²) in [5.41, 5.74) is 1.92. The van der Waals surface area contributed by atoms with E-state index in [0.29, 0.717) is 26.2 Å². The Balaban J connectivity index is 1.29. The molecule has 0 aromatic heterocycles. The molecular formula is C24H30N4O3. The number of carbonyl (C=O) groups excluding carboxylic acids is 2. The van der Waals surface area contributed by atoms with Crippen molar-refractivity contribution in [3.05, 3.63) is 54.6 Å². The third-order valence-electron chi connectivity index (χ3n) is 6.11. The predicted octanol–water partition coefficient (Wildman–Crippen LogP) is 3.29. The fourth-order valence-electron chi connectivity index (χ4n) is 4.32. The highest BCUT2D eigenvalue weighted by atomic mass is 16.5. The summed E-state index contributed by atoms with van der Waals surface area (Å²) in [4.78, 5) is 31.8. The highest BCUT2D eigenvalue weighted by Gasteiger charge is 2.32. The van der Waals surface area contributed by atoms with Crippen LogP contribution in [0.25, 0.3) is 0 Å². The number of rotatable bonds is 4. The number of urea groups is 1. The minimum absolute atomic E-state index is 0.122. The van der Waals surface area contributed by atoms with Crippen molar-refractivity contribution in [2.75, 3.05) is 56.6 Å². The van der Waals surface area contributed by atoms with Gasteiger partial charge in [0.25, 0.3) is 0 Å². The number of piperazine rings is 1. The average Bonchev–Trinajstić information content (AvgIpc) is 2.84. The summed E-state index contributed by atoms with van der Waals surface area (Å²) in [5, 5.41) is 2.93. The van der Waals surface area contributed by atoms with Gasteiger partial charge in [-0.05, 0) is 49.2 Å². The van der Waals surface area contributed by atoms with Crippen molar-refractivity contribution in [1.29, 1.82) is 0 Å². The van der Waals surface area contributed by atoms with E-state index in [4.69, 9.17) is 4.74 Å². The molecule has 0 radical (unpaired) electrons. The molecule has 7 heteroatoms. The predicted molar refractivity (Wildman–Crippen MR) is 122 cm³/mol. The van der Waals surface area contributed by atoms with E-state index < -0.39 is 0 Å². The topological polar surface area (TPSA) is 65.1 Å². The molecule has 2 aromatic carbocycles. The number of ether oxygens (including phenoxy) is 1. The molecular weight excluding hydrogens is 392 g/mol. The number of methoxy groups -OCH3 is 1. The number of piperidine rings is 1. The first-order valence-corrected chi connectivity index (χ1v) is 10.9. The number of para-hydroxylation sites is 1. The van der Waals surface area contributed by atoms with Crippen LogP contribution in [0.15, 0.2) is 54.6 Å². The first kappa shape index (κ1) is 21.0. The van der Waals surface area contributed by atoms with Gasteiger partial charge in [-0.1, -0.05) is 18.2 Å². The molecule has 2 fully saturated rings. The van der Waals surface area contributed by atoms with E-state index >= 15 is 0 Å². The van der Waals surface area contributed by atoms with E-state index in [-0.39, 0.29) is 17.9 Å². The maximum Gasteiger partial charge on any atom is 0.321 e. The second kappa shape index (κ2) is 9.73. The minimum atomic E-state index is -0.131. The second-order valence-corrected chi connectivity index (χ2v) is 8.09. The van der Waals surface area contributed by atoms with Crippen LogP contribution in [-0.4, -0.2) is 68.1 Å². The Hall–Kier alpha value is -3.22. The normalized spacial score (nSPS) is 19.1. The summed E-state index contributed by atoms with van der Waals surface area (Å²) in [5.74, 6) is 0.894. The number of carbonyl (C=O) groups is 2. The molecule has 2 aromatic rings. The van der Waals surface area contributed by atoms with Gasteiger partial charge in [0.2, 0.25) is 5.91 Å². The van der Waals surface area contributed by atoms with Gasteiger partial charge in [-0.25, -0.2) is 4.79 Å². The highest BCUT2D eigenvalue weighted by molar-refractivity contribution is 5.90. The molecule has 7 nitrogen and oxygen atoms in total. The molecule has 3 amide bonds. The molecule has 0 aliphatic carbocycles. The molecule has 2 aliphatic rings. The number of anilines is 2. The van der Waals surface area contributed by atoms with Gasteiger partial charge < -0.3 is 24.8 Å². The maximum absolute atomic E-state index is 13.1. The summed E-state index contributed by atoms with van der Waals surface area (Å²) < 4.78 is 5.23.